The highest BCUT2D eigenvalue weighted by molar-refractivity contribution is 5.00. The van der Waals surface area contributed by atoms with Crippen molar-refractivity contribution in [1.82, 2.24) is 4.90 Å². The Balaban J connectivity index is 2.08. The third kappa shape index (κ3) is 3.50. The van der Waals surface area contributed by atoms with Crippen LogP contribution < -0.4 is 5.73 Å². The van der Waals surface area contributed by atoms with E-state index in [0.717, 1.165) is 31.5 Å². The van der Waals surface area contributed by atoms with Crippen molar-refractivity contribution >= 4 is 0 Å². The van der Waals surface area contributed by atoms with E-state index in [2.05, 4.69) is 18.7 Å². The van der Waals surface area contributed by atoms with Gasteiger partial charge < -0.3 is 10.5 Å². The van der Waals surface area contributed by atoms with Crippen molar-refractivity contribution in [2.45, 2.75) is 64.0 Å². The predicted octanol–water partition coefficient (Wildman–Crippen LogP) is 2.64. The van der Waals surface area contributed by atoms with Crippen LogP contribution in [0.2, 0.25) is 0 Å². The van der Waals surface area contributed by atoms with Crippen LogP contribution in [0.5, 0.6) is 0 Å². The van der Waals surface area contributed by atoms with Gasteiger partial charge >= 0.3 is 0 Å². The van der Waals surface area contributed by atoms with Gasteiger partial charge in [0.05, 0.1) is 6.61 Å². The van der Waals surface area contributed by atoms with Gasteiger partial charge in [0.2, 0.25) is 0 Å². The molecule has 0 aromatic carbocycles. The van der Waals surface area contributed by atoms with Gasteiger partial charge in [-0.3, -0.25) is 4.90 Å². The third-order valence-corrected chi connectivity index (χ3v) is 5.53. The van der Waals surface area contributed by atoms with E-state index in [0.29, 0.717) is 6.04 Å². The van der Waals surface area contributed by atoms with Crippen LogP contribution in [0.25, 0.3) is 0 Å². The monoisotopic (exact) mass is 268 g/mol. The fraction of sp³-hybridized carbons (Fsp3) is 1.00. The Morgan fingerprint density at radius 3 is 2.37 bits per heavy atom. The van der Waals surface area contributed by atoms with Crippen molar-refractivity contribution < 1.29 is 4.74 Å². The van der Waals surface area contributed by atoms with E-state index in [1.54, 1.807) is 7.11 Å². The van der Waals surface area contributed by atoms with Gasteiger partial charge in [-0.1, -0.05) is 6.92 Å². The molecule has 2 aliphatic rings. The van der Waals surface area contributed by atoms with Crippen molar-refractivity contribution in [2.24, 2.45) is 17.6 Å². The lowest BCUT2D eigenvalue weighted by atomic mass is 9.75. The number of nitrogens with zero attached hydrogens (tertiary/aromatic N) is 1. The Hall–Kier alpha value is -0.120. The maximum atomic E-state index is 6.23. The molecule has 0 bridgehead atoms. The van der Waals surface area contributed by atoms with Crippen LogP contribution in [0.15, 0.2) is 0 Å². The second kappa shape index (κ2) is 6.55. The zero-order valence-corrected chi connectivity index (χ0v) is 13.0. The molecule has 112 valence electrons. The molecule has 0 aromatic heterocycles. The van der Waals surface area contributed by atoms with Gasteiger partial charge in [0, 0.05) is 31.8 Å². The molecule has 2 saturated carbocycles. The highest BCUT2D eigenvalue weighted by atomic mass is 16.5. The standard InChI is InChI=1S/C16H32N2O/c1-13-6-8-16(12-17,9-7-13)18(10-11-19-3)14(2)15-4-5-15/h13-15H,4-12,17H2,1-3H3. The maximum Gasteiger partial charge on any atom is 0.0590 e. The molecule has 2 rings (SSSR count). The van der Waals surface area contributed by atoms with Crippen molar-refractivity contribution in [2.75, 3.05) is 26.8 Å². The Labute approximate surface area is 118 Å². The molecule has 0 aliphatic heterocycles. The number of hydrogen-bond donors (Lipinski definition) is 1. The molecule has 2 N–H and O–H groups in total. The molecular weight excluding hydrogens is 236 g/mol. The van der Waals surface area contributed by atoms with Crippen LogP contribution in [-0.2, 0) is 4.74 Å². The molecule has 1 atom stereocenters. The number of ether oxygens (including phenoxy) is 1. The predicted molar refractivity (Wildman–Crippen MR) is 80.2 cm³/mol. The minimum absolute atomic E-state index is 0.243. The van der Waals surface area contributed by atoms with Crippen LogP contribution in [0.4, 0.5) is 0 Å². The van der Waals surface area contributed by atoms with Crippen molar-refractivity contribution in [1.29, 1.82) is 0 Å². The average Bonchev–Trinajstić information content (AvgIpc) is 3.25. The topological polar surface area (TPSA) is 38.5 Å². The summed E-state index contributed by atoms with van der Waals surface area (Å²) in [6.45, 7) is 7.46. The summed E-state index contributed by atoms with van der Waals surface area (Å²) < 4.78 is 5.34. The summed E-state index contributed by atoms with van der Waals surface area (Å²) in [6.07, 6.45) is 8.01. The second-order valence-electron chi connectivity index (χ2n) is 6.88. The van der Waals surface area contributed by atoms with Gasteiger partial charge in [0.25, 0.3) is 0 Å². The summed E-state index contributed by atoms with van der Waals surface area (Å²) in [6, 6.07) is 0.673. The van der Waals surface area contributed by atoms with E-state index in [-0.39, 0.29) is 5.54 Å². The van der Waals surface area contributed by atoms with E-state index in [9.17, 15) is 0 Å². The molecular formula is C16H32N2O. The van der Waals surface area contributed by atoms with E-state index < -0.39 is 0 Å². The lowest BCUT2D eigenvalue weighted by Gasteiger charge is -2.50. The fourth-order valence-corrected chi connectivity index (χ4v) is 3.80. The summed E-state index contributed by atoms with van der Waals surface area (Å²) in [7, 11) is 1.80. The Morgan fingerprint density at radius 2 is 1.89 bits per heavy atom. The van der Waals surface area contributed by atoms with Crippen LogP contribution in [0.1, 0.15) is 52.4 Å². The number of methoxy groups -OCH3 is 1. The number of nitrogens with two attached hydrogens (primary N) is 1. The number of rotatable bonds is 7. The number of hydrogen-bond acceptors (Lipinski definition) is 3. The minimum Gasteiger partial charge on any atom is -0.383 e. The molecule has 2 fully saturated rings. The zero-order chi connectivity index (χ0) is 13.9. The molecule has 0 saturated heterocycles. The minimum atomic E-state index is 0.243. The van der Waals surface area contributed by atoms with Crippen molar-refractivity contribution in [3.8, 4) is 0 Å². The highest BCUT2D eigenvalue weighted by Gasteiger charge is 2.43. The van der Waals surface area contributed by atoms with Gasteiger partial charge in [-0.2, -0.15) is 0 Å². The molecule has 0 amide bonds. The van der Waals surface area contributed by atoms with Crippen molar-refractivity contribution in [3.63, 3.8) is 0 Å². The molecule has 2 aliphatic carbocycles. The molecule has 19 heavy (non-hydrogen) atoms. The summed E-state index contributed by atoms with van der Waals surface area (Å²) in [5, 5.41) is 0. The summed E-state index contributed by atoms with van der Waals surface area (Å²) >= 11 is 0. The Morgan fingerprint density at radius 1 is 1.26 bits per heavy atom. The average molecular weight is 268 g/mol. The van der Waals surface area contributed by atoms with E-state index in [1.807, 2.05) is 0 Å². The first kappa shape index (κ1) is 15.3. The molecule has 3 nitrogen and oxygen atoms in total. The van der Waals surface area contributed by atoms with Gasteiger partial charge in [-0.25, -0.2) is 0 Å². The van der Waals surface area contributed by atoms with Crippen molar-refractivity contribution in [3.05, 3.63) is 0 Å². The Bertz CT molecular complexity index is 270. The normalized spacial score (nSPS) is 33.6. The first-order valence-electron chi connectivity index (χ1n) is 8.08. The quantitative estimate of drug-likeness (QED) is 0.771. The van der Waals surface area contributed by atoms with E-state index in [4.69, 9.17) is 10.5 Å². The Kier molecular flexibility index (Phi) is 5.27. The maximum absolute atomic E-state index is 6.23. The SMILES string of the molecule is COCCN(C(C)C1CC1)C1(CN)CCC(C)CC1. The lowest BCUT2D eigenvalue weighted by Crippen LogP contribution is -2.60. The van der Waals surface area contributed by atoms with Gasteiger partial charge in [0.15, 0.2) is 0 Å². The molecule has 3 heteroatoms. The van der Waals surface area contributed by atoms with Crippen LogP contribution in [-0.4, -0.2) is 43.3 Å². The van der Waals surface area contributed by atoms with Gasteiger partial charge in [-0.15, -0.1) is 0 Å². The largest absolute Gasteiger partial charge is 0.383 e. The molecule has 0 spiro atoms. The molecule has 0 aromatic rings. The van der Waals surface area contributed by atoms with Gasteiger partial charge in [0.1, 0.15) is 0 Å². The molecule has 0 radical (unpaired) electrons. The summed E-state index contributed by atoms with van der Waals surface area (Å²) in [5.41, 5.74) is 6.48. The van der Waals surface area contributed by atoms with Crippen LogP contribution >= 0.6 is 0 Å². The van der Waals surface area contributed by atoms with Crippen LogP contribution in [0.3, 0.4) is 0 Å². The highest BCUT2D eigenvalue weighted by Crippen LogP contribution is 2.42. The van der Waals surface area contributed by atoms with Gasteiger partial charge in [-0.05, 0) is 57.3 Å². The smallest absolute Gasteiger partial charge is 0.0590 e. The zero-order valence-electron chi connectivity index (χ0n) is 13.0. The second-order valence-corrected chi connectivity index (χ2v) is 6.88. The first-order valence-corrected chi connectivity index (χ1v) is 8.08. The first-order chi connectivity index (χ1) is 9.13. The molecule has 1 unspecified atom stereocenters. The molecule has 0 heterocycles. The van der Waals surface area contributed by atoms with E-state index >= 15 is 0 Å². The summed E-state index contributed by atoms with van der Waals surface area (Å²) in [4.78, 5) is 2.71. The third-order valence-electron chi connectivity index (χ3n) is 5.53. The lowest BCUT2D eigenvalue weighted by molar-refractivity contribution is -0.00892. The fourth-order valence-electron chi connectivity index (χ4n) is 3.80. The van der Waals surface area contributed by atoms with E-state index in [1.165, 1.54) is 38.5 Å². The summed E-state index contributed by atoms with van der Waals surface area (Å²) in [5.74, 6) is 1.78. The van der Waals surface area contributed by atoms with Crippen LogP contribution in [0, 0.1) is 11.8 Å².